The highest BCUT2D eigenvalue weighted by Crippen LogP contribution is 2.31. The Labute approximate surface area is 186 Å². The first-order valence-corrected chi connectivity index (χ1v) is 12.1. The van der Waals surface area contributed by atoms with Crippen molar-refractivity contribution in [2.75, 3.05) is 0 Å². The lowest BCUT2D eigenvalue weighted by Gasteiger charge is -2.22. The summed E-state index contributed by atoms with van der Waals surface area (Å²) in [5, 5.41) is 12.5. The molecule has 3 N–H and O–H groups in total. The molecule has 0 spiro atoms. The second-order valence-corrected chi connectivity index (χ2v) is 9.63. The number of sulfonamides is 1. The van der Waals surface area contributed by atoms with E-state index in [9.17, 15) is 18.0 Å². The van der Waals surface area contributed by atoms with Gasteiger partial charge in [-0.1, -0.05) is 50.1 Å². The Morgan fingerprint density at radius 1 is 1.25 bits per heavy atom. The van der Waals surface area contributed by atoms with Gasteiger partial charge in [0.25, 0.3) is 15.8 Å². The Hall–Kier alpha value is -2.86. The Kier molecular flexibility index (Phi) is 8.28. The minimum Gasteiger partial charge on any atom is -0.338 e. The van der Waals surface area contributed by atoms with Crippen molar-refractivity contribution in [3.8, 4) is 0 Å². The van der Waals surface area contributed by atoms with Crippen LogP contribution in [0.3, 0.4) is 0 Å². The molecule has 0 aromatic carbocycles. The highest BCUT2D eigenvalue weighted by molar-refractivity contribution is 7.90. The summed E-state index contributed by atoms with van der Waals surface area (Å²) in [4.78, 5) is 31.6. The molecule has 174 valence electrons. The first-order valence-electron chi connectivity index (χ1n) is 10.6. The van der Waals surface area contributed by atoms with Crippen molar-refractivity contribution in [1.29, 1.82) is 0 Å². The van der Waals surface area contributed by atoms with E-state index in [1.165, 1.54) is 50.4 Å². The average molecular weight is 466 g/mol. The second-order valence-electron chi connectivity index (χ2n) is 7.95. The quantitative estimate of drug-likeness (QED) is 0.353. The third-order valence-corrected chi connectivity index (χ3v) is 6.93. The predicted molar refractivity (Wildman–Crippen MR) is 111 cm³/mol. The maximum absolute atomic E-state index is 12.4. The zero-order valence-corrected chi connectivity index (χ0v) is 18.4. The molecule has 11 nitrogen and oxygen atoms in total. The molecule has 0 radical (unpaired) electrons. The van der Waals surface area contributed by atoms with Crippen molar-refractivity contribution in [3.63, 3.8) is 0 Å². The molecule has 0 bridgehead atoms. The molecule has 0 saturated heterocycles. The molecule has 3 rings (SSSR count). The molecule has 32 heavy (non-hydrogen) atoms. The van der Waals surface area contributed by atoms with E-state index in [4.69, 9.17) is 9.73 Å². The molecule has 1 atom stereocenters. The second kappa shape index (κ2) is 11.1. The van der Waals surface area contributed by atoms with Gasteiger partial charge in [0.05, 0.1) is 0 Å². The molecule has 0 aliphatic heterocycles. The summed E-state index contributed by atoms with van der Waals surface area (Å²) in [6.07, 6.45) is 11.0. The molecule has 2 aromatic rings. The van der Waals surface area contributed by atoms with E-state index in [0.29, 0.717) is 12.3 Å². The molecule has 1 aliphatic rings. The third-order valence-electron chi connectivity index (χ3n) is 5.61. The number of hydrogen-bond acceptors (Lipinski definition) is 9. The summed E-state index contributed by atoms with van der Waals surface area (Å²) < 4.78 is 31.6. The van der Waals surface area contributed by atoms with Gasteiger partial charge >= 0.3 is 5.91 Å². The predicted octanol–water partition coefficient (Wildman–Crippen LogP) is 2.31. The molecule has 1 fully saturated rings. The number of carbonyl (C=O) groups is 2. The van der Waals surface area contributed by atoms with E-state index < -0.39 is 33.6 Å². The van der Waals surface area contributed by atoms with Crippen LogP contribution < -0.4 is 10.2 Å². The van der Waals surface area contributed by atoms with Gasteiger partial charge in [-0.25, -0.2) is 18.6 Å². The van der Waals surface area contributed by atoms with Gasteiger partial charge in [-0.3, -0.25) is 19.8 Å². The molecular formula is C20H27N5O6S. The minimum atomic E-state index is -4.15. The number of hydrogen-bond donors (Lipinski definition) is 3. The van der Waals surface area contributed by atoms with Gasteiger partial charge in [0.1, 0.15) is 4.90 Å². The van der Waals surface area contributed by atoms with Gasteiger partial charge in [-0.2, -0.15) is 4.98 Å². The number of hydroxylamine groups is 1. The molecule has 1 saturated carbocycles. The van der Waals surface area contributed by atoms with Gasteiger partial charge in [0.15, 0.2) is 0 Å². The van der Waals surface area contributed by atoms with Crippen LogP contribution in [0.4, 0.5) is 0 Å². The monoisotopic (exact) mass is 465 g/mol. The largest absolute Gasteiger partial charge is 0.338 e. The van der Waals surface area contributed by atoms with Gasteiger partial charge in [0.2, 0.25) is 11.8 Å². The van der Waals surface area contributed by atoms with Crippen LogP contribution in [-0.2, 0) is 14.8 Å². The summed E-state index contributed by atoms with van der Waals surface area (Å²) in [6.45, 7) is 0. The Balaban J connectivity index is 1.65. The molecule has 12 heteroatoms. The number of nitrogens with zero attached hydrogens (tertiary/aromatic N) is 3. The standard InChI is InChI=1S/C20H27N5O6S/c26-17(23-28)12-15(9-4-8-14-6-2-1-3-7-14)20-22-18(24-31-20)19(27)25-32(29,30)16-10-5-11-21-13-16/h5,10-11,13-15,28H,1-4,6-9,12H2,(H,23,26)(H,25,27)/t15-/m1/s1. The fourth-order valence-electron chi connectivity index (χ4n) is 3.94. The van der Waals surface area contributed by atoms with Gasteiger partial charge in [0, 0.05) is 24.7 Å². The van der Waals surface area contributed by atoms with Crippen LogP contribution in [0.15, 0.2) is 33.9 Å². The van der Waals surface area contributed by atoms with Crippen molar-refractivity contribution in [3.05, 3.63) is 36.2 Å². The van der Waals surface area contributed by atoms with E-state index in [1.54, 1.807) is 5.48 Å². The maximum atomic E-state index is 12.4. The van der Waals surface area contributed by atoms with Crippen LogP contribution in [-0.4, -0.2) is 40.6 Å². The topological polar surface area (TPSA) is 164 Å². The van der Waals surface area contributed by atoms with Gasteiger partial charge < -0.3 is 4.52 Å². The lowest BCUT2D eigenvalue weighted by atomic mass is 9.84. The summed E-state index contributed by atoms with van der Waals surface area (Å²) in [6, 6.07) is 2.72. The molecule has 2 amide bonds. The number of rotatable bonds is 10. The van der Waals surface area contributed by atoms with Crippen molar-refractivity contribution >= 4 is 21.8 Å². The number of nitrogens with one attached hydrogen (secondary N) is 2. The lowest BCUT2D eigenvalue weighted by molar-refractivity contribution is -0.129. The van der Waals surface area contributed by atoms with E-state index in [1.807, 2.05) is 4.72 Å². The minimum absolute atomic E-state index is 0.0427. The molecule has 0 unspecified atom stereocenters. The van der Waals surface area contributed by atoms with Crippen LogP contribution in [0, 0.1) is 5.92 Å². The summed E-state index contributed by atoms with van der Waals surface area (Å²) >= 11 is 0. The molecular weight excluding hydrogens is 438 g/mol. The van der Waals surface area contributed by atoms with Crippen LogP contribution in [0.25, 0.3) is 0 Å². The molecule has 1 aliphatic carbocycles. The highest BCUT2D eigenvalue weighted by atomic mass is 32.2. The normalized spacial score (nSPS) is 15.8. The van der Waals surface area contributed by atoms with Gasteiger partial charge in [-0.15, -0.1) is 0 Å². The number of aromatic nitrogens is 3. The van der Waals surface area contributed by atoms with Gasteiger partial charge in [-0.05, 0) is 24.5 Å². The number of pyridine rings is 1. The average Bonchev–Trinajstić information content (AvgIpc) is 3.30. The summed E-state index contributed by atoms with van der Waals surface area (Å²) in [7, 11) is -4.15. The Morgan fingerprint density at radius 2 is 2.03 bits per heavy atom. The number of amides is 2. The van der Waals surface area contributed by atoms with Crippen LogP contribution >= 0.6 is 0 Å². The summed E-state index contributed by atoms with van der Waals surface area (Å²) in [5.41, 5.74) is 1.59. The molecule has 2 aromatic heterocycles. The van der Waals surface area contributed by atoms with Crippen molar-refractivity contribution < 1.29 is 27.7 Å². The molecule has 2 heterocycles. The zero-order chi connectivity index (χ0) is 23.0. The fraction of sp³-hybridized carbons (Fsp3) is 0.550. The Morgan fingerprint density at radius 3 is 2.72 bits per heavy atom. The van der Waals surface area contributed by atoms with Crippen molar-refractivity contribution in [1.82, 2.24) is 25.3 Å². The van der Waals surface area contributed by atoms with Crippen molar-refractivity contribution in [2.45, 2.75) is 68.6 Å². The zero-order valence-electron chi connectivity index (χ0n) is 17.6. The number of carbonyl (C=O) groups excluding carboxylic acids is 2. The third kappa shape index (κ3) is 6.57. The van der Waals surface area contributed by atoms with Crippen LogP contribution in [0.5, 0.6) is 0 Å². The Bertz CT molecular complexity index is 1000. The van der Waals surface area contributed by atoms with Crippen molar-refractivity contribution in [2.24, 2.45) is 5.92 Å². The maximum Gasteiger partial charge on any atom is 0.306 e. The van der Waals surface area contributed by atoms with E-state index >= 15 is 0 Å². The van der Waals surface area contributed by atoms with E-state index in [2.05, 4.69) is 15.1 Å². The first-order chi connectivity index (χ1) is 15.4. The fourth-order valence-corrected chi connectivity index (χ4v) is 4.85. The summed E-state index contributed by atoms with van der Waals surface area (Å²) in [5.74, 6) is -1.93. The van der Waals surface area contributed by atoms with E-state index in [-0.39, 0.29) is 17.2 Å². The smallest absolute Gasteiger partial charge is 0.306 e. The van der Waals surface area contributed by atoms with E-state index in [0.717, 1.165) is 19.0 Å². The lowest BCUT2D eigenvalue weighted by Crippen LogP contribution is -2.31. The SMILES string of the molecule is O=C(C[C@@H](CCCC1CCCCC1)c1nc(C(=O)NS(=O)(=O)c2cccnc2)no1)NO. The first kappa shape index (κ1) is 23.8. The van der Waals surface area contributed by atoms with Crippen LogP contribution in [0.2, 0.25) is 0 Å². The highest BCUT2D eigenvalue weighted by Gasteiger charge is 2.27. The van der Waals surface area contributed by atoms with Crippen LogP contribution in [0.1, 0.15) is 80.2 Å².